The molecule has 1 aromatic carbocycles. The first kappa shape index (κ1) is 15.6. The Morgan fingerprint density at radius 3 is 2.86 bits per heavy atom. The van der Waals surface area contributed by atoms with E-state index in [1.807, 2.05) is 0 Å². The predicted molar refractivity (Wildman–Crippen MR) is 81.2 cm³/mol. The van der Waals surface area contributed by atoms with Crippen molar-refractivity contribution >= 4 is 29.2 Å². The zero-order valence-electron chi connectivity index (χ0n) is 12.0. The number of ether oxygens (including phenoxy) is 1. The van der Waals surface area contributed by atoms with Gasteiger partial charge in [0.05, 0.1) is 24.1 Å². The number of halogens is 1. The highest BCUT2D eigenvalue weighted by Crippen LogP contribution is 2.26. The Hall–Kier alpha value is -1.75. The van der Waals surface area contributed by atoms with Gasteiger partial charge >= 0.3 is 5.97 Å². The van der Waals surface area contributed by atoms with E-state index in [0.717, 1.165) is 19.3 Å². The summed E-state index contributed by atoms with van der Waals surface area (Å²) in [6.45, 7) is 0.626. The minimum absolute atomic E-state index is 0.132. The Labute approximate surface area is 129 Å². The number of methoxy groups -OCH3 is 1. The minimum Gasteiger partial charge on any atom is -0.469 e. The van der Waals surface area contributed by atoms with E-state index in [1.165, 1.54) is 7.11 Å². The first-order valence-corrected chi connectivity index (χ1v) is 7.33. The molecule has 0 spiro atoms. The monoisotopic (exact) mass is 310 g/mol. The maximum atomic E-state index is 12.7. The van der Waals surface area contributed by atoms with Crippen molar-refractivity contribution in [3.8, 4) is 0 Å². The van der Waals surface area contributed by atoms with Crippen molar-refractivity contribution in [2.24, 2.45) is 0 Å². The molecule has 2 N–H and O–H groups in total. The number of carbonyl (C=O) groups is 2. The molecule has 1 aliphatic heterocycles. The highest BCUT2D eigenvalue weighted by Gasteiger charge is 2.30. The molecule has 1 amide bonds. The topological polar surface area (TPSA) is 72.6 Å². The van der Waals surface area contributed by atoms with Gasteiger partial charge in [-0.2, -0.15) is 0 Å². The van der Waals surface area contributed by atoms with Crippen LogP contribution in [-0.4, -0.2) is 36.5 Å². The molecular weight excluding hydrogens is 292 g/mol. The Morgan fingerprint density at radius 1 is 1.43 bits per heavy atom. The van der Waals surface area contributed by atoms with Crippen LogP contribution in [0.2, 0.25) is 5.02 Å². The second kappa shape index (κ2) is 6.80. The number of benzene rings is 1. The average molecular weight is 311 g/mol. The highest BCUT2D eigenvalue weighted by molar-refractivity contribution is 6.34. The lowest BCUT2D eigenvalue weighted by molar-refractivity contribution is -0.142. The van der Waals surface area contributed by atoms with Gasteiger partial charge in [-0.3, -0.25) is 9.59 Å². The molecule has 114 valence electrons. The summed E-state index contributed by atoms with van der Waals surface area (Å²) in [5.74, 6) is -0.461. The lowest BCUT2D eigenvalue weighted by Gasteiger charge is -2.35. The zero-order chi connectivity index (χ0) is 15.4. The maximum absolute atomic E-state index is 12.7. The van der Waals surface area contributed by atoms with E-state index in [4.69, 9.17) is 22.1 Å². The van der Waals surface area contributed by atoms with Crippen LogP contribution in [0, 0.1) is 0 Å². The van der Waals surface area contributed by atoms with Gasteiger partial charge in [-0.05, 0) is 37.5 Å². The van der Waals surface area contributed by atoms with Gasteiger partial charge < -0.3 is 15.4 Å². The fourth-order valence-electron chi connectivity index (χ4n) is 2.62. The zero-order valence-corrected chi connectivity index (χ0v) is 12.7. The molecule has 0 bridgehead atoms. The van der Waals surface area contributed by atoms with Crippen molar-refractivity contribution in [2.45, 2.75) is 31.7 Å². The molecule has 2 rings (SSSR count). The molecule has 1 fully saturated rings. The minimum atomic E-state index is -0.303. The summed E-state index contributed by atoms with van der Waals surface area (Å²) >= 11 is 6.11. The van der Waals surface area contributed by atoms with Gasteiger partial charge in [0.2, 0.25) is 0 Å². The van der Waals surface area contributed by atoms with Gasteiger partial charge in [-0.1, -0.05) is 11.6 Å². The van der Waals surface area contributed by atoms with E-state index in [0.29, 0.717) is 22.8 Å². The van der Waals surface area contributed by atoms with Gasteiger partial charge in [0.25, 0.3) is 5.91 Å². The molecule has 6 heteroatoms. The van der Waals surface area contributed by atoms with E-state index < -0.39 is 0 Å². The van der Waals surface area contributed by atoms with Crippen molar-refractivity contribution in [1.82, 2.24) is 4.90 Å². The van der Waals surface area contributed by atoms with Crippen molar-refractivity contribution in [1.29, 1.82) is 0 Å². The van der Waals surface area contributed by atoms with Crippen LogP contribution in [0.4, 0.5) is 5.69 Å². The third kappa shape index (κ3) is 3.67. The van der Waals surface area contributed by atoms with Crippen LogP contribution in [-0.2, 0) is 9.53 Å². The average Bonchev–Trinajstić information content (AvgIpc) is 2.47. The third-order valence-electron chi connectivity index (χ3n) is 3.74. The third-order valence-corrected chi connectivity index (χ3v) is 4.05. The van der Waals surface area contributed by atoms with Crippen LogP contribution < -0.4 is 5.73 Å². The molecule has 1 saturated heterocycles. The summed E-state index contributed by atoms with van der Waals surface area (Å²) in [5, 5.41) is 0.336. The molecule has 21 heavy (non-hydrogen) atoms. The lowest BCUT2D eigenvalue weighted by atomic mass is 9.98. The lowest BCUT2D eigenvalue weighted by Crippen LogP contribution is -2.45. The number of hydrogen-bond acceptors (Lipinski definition) is 4. The number of likely N-dealkylation sites (tertiary alicyclic amines) is 1. The van der Waals surface area contributed by atoms with Gasteiger partial charge in [0, 0.05) is 18.3 Å². The number of piperidine rings is 1. The smallest absolute Gasteiger partial charge is 0.307 e. The quantitative estimate of drug-likeness (QED) is 0.687. The summed E-state index contributed by atoms with van der Waals surface area (Å²) < 4.78 is 4.71. The number of carbonyl (C=O) groups excluding carboxylic acids is 2. The van der Waals surface area contributed by atoms with Crippen molar-refractivity contribution in [2.75, 3.05) is 19.4 Å². The highest BCUT2D eigenvalue weighted by atomic mass is 35.5. The van der Waals surface area contributed by atoms with E-state index in [2.05, 4.69) is 0 Å². The molecule has 5 nitrogen and oxygen atoms in total. The Morgan fingerprint density at radius 2 is 2.19 bits per heavy atom. The SMILES string of the molecule is COC(=O)CC1CCCCN1C(=O)c1ccc(N)cc1Cl. The molecule has 1 aliphatic rings. The van der Waals surface area contributed by atoms with Gasteiger partial charge in [0.1, 0.15) is 0 Å². The standard InChI is InChI=1S/C15H19ClN2O3/c1-21-14(19)9-11-4-2-3-7-18(11)15(20)12-6-5-10(17)8-13(12)16/h5-6,8,11H,2-4,7,9,17H2,1H3. The van der Waals surface area contributed by atoms with Gasteiger partial charge in [-0.25, -0.2) is 0 Å². The number of nitrogens with zero attached hydrogens (tertiary/aromatic N) is 1. The Balaban J connectivity index is 2.20. The molecule has 1 unspecified atom stereocenters. The van der Waals surface area contributed by atoms with Crippen LogP contribution in [0.3, 0.4) is 0 Å². The second-order valence-electron chi connectivity index (χ2n) is 5.17. The van der Waals surface area contributed by atoms with Crippen LogP contribution in [0.15, 0.2) is 18.2 Å². The van der Waals surface area contributed by atoms with E-state index in [-0.39, 0.29) is 24.3 Å². The first-order chi connectivity index (χ1) is 10.0. The normalized spacial score (nSPS) is 18.4. The van der Waals surface area contributed by atoms with Crippen LogP contribution >= 0.6 is 11.6 Å². The summed E-state index contributed by atoms with van der Waals surface area (Å²) in [4.78, 5) is 25.9. The molecule has 0 aromatic heterocycles. The molecule has 0 saturated carbocycles. The van der Waals surface area contributed by atoms with Gasteiger partial charge in [-0.15, -0.1) is 0 Å². The number of esters is 1. The van der Waals surface area contributed by atoms with Crippen LogP contribution in [0.1, 0.15) is 36.0 Å². The largest absolute Gasteiger partial charge is 0.469 e. The Bertz CT molecular complexity index is 548. The number of nitrogens with two attached hydrogens (primary N) is 1. The number of anilines is 1. The number of nitrogen functional groups attached to an aromatic ring is 1. The second-order valence-corrected chi connectivity index (χ2v) is 5.57. The fraction of sp³-hybridized carbons (Fsp3) is 0.467. The van der Waals surface area contributed by atoms with Crippen LogP contribution in [0.25, 0.3) is 0 Å². The molecule has 1 atom stereocenters. The fourth-order valence-corrected chi connectivity index (χ4v) is 2.89. The van der Waals surface area contributed by atoms with E-state index >= 15 is 0 Å². The summed E-state index contributed by atoms with van der Waals surface area (Å²) in [5.41, 5.74) is 6.58. The van der Waals surface area contributed by atoms with Crippen LogP contribution in [0.5, 0.6) is 0 Å². The molecular formula is C15H19ClN2O3. The molecule has 0 radical (unpaired) electrons. The number of amides is 1. The van der Waals surface area contributed by atoms with Crippen molar-refractivity contribution in [3.63, 3.8) is 0 Å². The van der Waals surface area contributed by atoms with E-state index in [9.17, 15) is 9.59 Å². The predicted octanol–water partition coefficient (Wildman–Crippen LogP) is 2.48. The maximum Gasteiger partial charge on any atom is 0.307 e. The first-order valence-electron chi connectivity index (χ1n) is 6.95. The van der Waals surface area contributed by atoms with E-state index in [1.54, 1.807) is 23.1 Å². The Kier molecular flexibility index (Phi) is 5.07. The summed E-state index contributed by atoms with van der Waals surface area (Å²) in [6.07, 6.45) is 2.94. The molecule has 1 heterocycles. The van der Waals surface area contributed by atoms with Gasteiger partial charge in [0.15, 0.2) is 0 Å². The van der Waals surface area contributed by atoms with Crippen molar-refractivity contribution in [3.05, 3.63) is 28.8 Å². The number of hydrogen-bond donors (Lipinski definition) is 1. The van der Waals surface area contributed by atoms with Crippen molar-refractivity contribution < 1.29 is 14.3 Å². The molecule has 1 aromatic rings. The summed E-state index contributed by atoms with van der Waals surface area (Å²) in [6, 6.07) is 4.71. The number of rotatable bonds is 3. The summed E-state index contributed by atoms with van der Waals surface area (Å²) in [7, 11) is 1.36. The molecule has 0 aliphatic carbocycles.